The molecule has 0 aliphatic carbocycles. The number of urea groups is 1. The number of carbonyl (C=O) groups is 3. The molecule has 0 aliphatic heterocycles. The lowest BCUT2D eigenvalue weighted by molar-refractivity contribution is -0.123. The van der Waals surface area contributed by atoms with Gasteiger partial charge in [-0.15, -0.1) is 11.3 Å². The summed E-state index contributed by atoms with van der Waals surface area (Å²) in [5, 5.41) is 2.97. The molecule has 2 aromatic rings. The number of benzene rings is 1. The number of carbonyl (C=O) groups excluding carboxylic acids is 3. The van der Waals surface area contributed by atoms with Crippen LogP contribution in [0, 0.1) is 6.92 Å². The molecule has 3 amide bonds. The number of nitrogens with two attached hydrogens (primary N) is 1. The van der Waals surface area contributed by atoms with Gasteiger partial charge in [0.15, 0.2) is 6.61 Å². The molecule has 0 aliphatic rings. The van der Waals surface area contributed by atoms with Gasteiger partial charge >= 0.3 is 12.0 Å². The third kappa shape index (κ3) is 4.51. The van der Waals surface area contributed by atoms with Crippen LogP contribution < -0.4 is 11.1 Å². The fourth-order valence-electron chi connectivity index (χ4n) is 1.70. The summed E-state index contributed by atoms with van der Waals surface area (Å²) in [6, 6.07) is 6.05. The predicted octanol–water partition coefficient (Wildman–Crippen LogP) is 2.12. The first kappa shape index (κ1) is 16.9. The molecule has 1 aromatic heterocycles. The third-order valence-corrected chi connectivity index (χ3v) is 4.07. The van der Waals surface area contributed by atoms with Crippen molar-refractivity contribution in [1.29, 1.82) is 0 Å². The molecule has 2 rings (SSSR count). The molecule has 0 atom stereocenters. The van der Waals surface area contributed by atoms with Crippen LogP contribution in [0.2, 0.25) is 5.02 Å². The van der Waals surface area contributed by atoms with Gasteiger partial charge in [-0.3, -0.25) is 10.1 Å². The van der Waals surface area contributed by atoms with E-state index in [0.29, 0.717) is 15.7 Å². The van der Waals surface area contributed by atoms with Crippen molar-refractivity contribution in [2.45, 2.75) is 6.92 Å². The van der Waals surface area contributed by atoms with Crippen molar-refractivity contribution in [1.82, 2.24) is 10.3 Å². The van der Waals surface area contributed by atoms with Gasteiger partial charge in [0.05, 0.1) is 5.69 Å². The maximum atomic E-state index is 12.0. The largest absolute Gasteiger partial charge is 0.451 e. The second-order valence-electron chi connectivity index (χ2n) is 4.43. The highest BCUT2D eigenvalue weighted by atomic mass is 35.5. The quantitative estimate of drug-likeness (QED) is 0.818. The Hall–Kier alpha value is -2.45. The van der Waals surface area contributed by atoms with Crippen molar-refractivity contribution >= 4 is 40.8 Å². The molecule has 0 fully saturated rings. The maximum absolute atomic E-state index is 12.0. The number of esters is 1. The van der Waals surface area contributed by atoms with E-state index >= 15 is 0 Å². The Morgan fingerprint density at radius 3 is 2.78 bits per heavy atom. The van der Waals surface area contributed by atoms with E-state index in [1.165, 1.54) is 0 Å². The summed E-state index contributed by atoms with van der Waals surface area (Å²) in [5.74, 6) is -1.50. The molecule has 1 heterocycles. The summed E-state index contributed by atoms with van der Waals surface area (Å²) >= 11 is 7.06. The number of halogens is 1. The normalized spacial score (nSPS) is 10.2. The van der Waals surface area contributed by atoms with E-state index in [1.807, 2.05) is 6.07 Å². The first-order valence-corrected chi connectivity index (χ1v) is 7.56. The molecule has 0 bridgehead atoms. The maximum Gasteiger partial charge on any atom is 0.350 e. The van der Waals surface area contributed by atoms with Crippen LogP contribution in [-0.4, -0.2) is 29.5 Å². The van der Waals surface area contributed by atoms with Crippen LogP contribution >= 0.6 is 22.9 Å². The molecular weight excluding hydrogens is 342 g/mol. The highest BCUT2D eigenvalue weighted by Gasteiger charge is 2.19. The van der Waals surface area contributed by atoms with Crippen LogP contribution in [0.3, 0.4) is 0 Å². The number of thiazole rings is 1. The molecule has 9 heteroatoms. The Labute approximate surface area is 140 Å². The van der Waals surface area contributed by atoms with Crippen molar-refractivity contribution in [3.63, 3.8) is 0 Å². The number of amides is 3. The number of hydrogen-bond donors (Lipinski definition) is 2. The smallest absolute Gasteiger partial charge is 0.350 e. The number of imide groups is 1. The Morgan fingerprint density at radius 1 is 1.39 bits per heavy atom. The van der Waals surface area contributed by atoms with Gasteiger partial charge in [0.1, 0.15) is 9.88 Å². The number of aryl methyl sites for hydroxylation is 1. The lowest BCUT2D eigenvalue weighted by Gasteiger charge is -2.02. The number of nitrogens with one attached hydrogen (secondary N) is 1. The van der Waals surface area contributed by atoms with Gasteiger partial charge in [0.25, 0.3) is 5.91 Å². The van der Waals surface area contributed by atoms with Gasteiger partial charge in [0.2, 0.25) is 0 Å². The monoisotopic (exact) mass is 353 g/mol. The van der Waals surface area contributed by atoms with Crippen molar-refractivity contribution in [2.75, 3.05) is 6.61 Å². The molecule has 1 aromatic carbocycles. The standard InChI is InChI=1S/C14H12ClN3O4S/c1-7-11(13(20)22-6-10(19)18-14(16)21)23-12(17-7)8-3-2-4-9(15)5-8/h2-5H,6H2,1H3,(H3,16,18,19,21). The molecule has 0 spiro atoms. The number of rotatable bonds is 4. The Kier molecular flexibility index (Phi) is 5.30. The van der Waals surface area contributed by atoms with E-state index in [4.69, 9.17) is 22.1 Å². The number of hydrogen-bond acceptors (Lipinski definition) is 6. The molecular formula is C14H12ClN3O4S. The van der Waals surface area contributed by atoms with Crippen molar-refractivity contribution in [2.24, 2.45) is 5.73 Å². The summed E-state index contributed by atoms with van der Waals surface area (Å²) in [7, 11) is 0. The van der Waals surface area contributed by atoms with Crippen LogP contribution in [0.5, 0.6) is 0 Å². The molecule has 23 heavy (non-hydrogen) atoms. The third-order valence-electron chi connectivity index (χ3n) is 2.65. The van der Waals surface area contributed by atoms with Gasteiger partial charge in [-0.25, -0.2) is 14.6 Å². The SMILES string of the molecule is Cc1nc(-c2cccc(Cl)c2)sc1C(=O)OCC(=O)NC(N)=O. The number of nitrogens with zero attached hydrogens (tertiary/aromatic N) is 1. The summed E-state index contributed by atoms with van der Waals surface area (Å²) in [6.45, 7) is 1.05. The van der Waals surface area contributed by atoms with E-state index in [-0.39, 0.29) is 4.88 Å². The van der Waals surface area contributed by atoms with Crippen LogP contribution in [0.1, 0.15) is 15.4 Å². The zero-order valence-electron chi connectivity index (χ0n) is 12.0. The average Bonchev–Trinajstić information content (AvgIpc) is 2.86. The highest BCUT2D eigenvalue weighted by Crippen LogP contribution is 2.29. The van der Waals surface area contributed by atoms with E-state index in [1.54, 1.807) is 30.4 Å². The van der Waals surface area contributed by atoms with E-state index in [2.05, 4.69) is 4.98 Å². The van der Waals surface area contributed by atoms with Crippen LogP contribution in [-0.2, 0) is 9.53 Å². The van der Waals surface area contributed by atoms with Crippen LogP contribution in [0.15, 0.2) is 24.3 Å². The van der Waals surface area contributed by atoms with Crippen molar-refractivity contribution in [3.05, 3.63) is 39.9 Å². The summed E-state index contributed by atoms with van der Waals surface area (Å²) in [6.07, 6.45) is 0. The number of primary amides is 1. The van der Waals surface area contributed by atoms with E-state index in [9.17, 15) is 14.4 Å². The van der Waals surface area contributed by atoms with Gasteiger partial charge in [0, 0.05) is 10.6 Å². The Bertz CT molecular complexity index is 775. The number of ether oxygens (including phenoxy) is 1. The van der Waals surface area contributed by atoms with Gasteiger partial charge in [-0.05, 0) is 19.1 Å². The Morgan fingerprint density at radius 2 is 2.13 bits per heavy atom. The lowest BCUT2D eigenvalue weighted by atomic mass is 10.2. The summed E-state index contributed by atoms with van der Waals surface area (Å²) < 4.78 is 4.83. The molecule has 0 saturated heterocycles. The minimum absolute atomic E-state index is 0.270. The topological polar surface area (TPSA) is 111 Å². The average molecular weight is 354 g/mol. The zero-order valence-corrected chi connectivity index (χ0v) is 13.5. The van der Waals surface area contributed by atoms with Crippen molar-refractivity contribution in [3.8, 4) is 10.6 Å². The second-order valence-corrected chi connectivity index (χ2v) is 5.87. The van der Waals surface area contributed by atoms with Gasteiger partial charge in [-0.2, -0.15) is 0 Å². The predicted molar refractivity (Wildman–Crippen MR) is 85.3 cm³/mol. The fraction of sp³-hybridized carbons (Fsp3) is 0.143. The summed E-state index contributed by atoms with van der Waals surface area (Å²) in [5.41, 5.74) is 6.04. The fourth-order valence-corrected chi connectivity index (χ4v) is 2.85. The molecule has 0 unspecified atom stereocenters. The zero-order chi connectivity index (χ0) is 17.0. The van der Waals surface area contributed by atoms with Gasteiger partial charge in [-0.1, -0.05) is 23.7 Å². The molecule has 3 N–H and O–H groups in total. The lowest BCUT2D eigenvalue weighted by Crippen LogP contribution is -2.37. The van der Waals surface area contributed by atoms with Crippen molar-refractivity contribution < 1.29 is 19.1 Å². The van der Waals surface area contributed by atoms with Crippen LogP contribution in [0.4, 0.5) is 4.79 Å². The molecule has 0 radical (unpaired) electrons. The van der Waals surface area contributed by atoms with E-state index < -0.39 is 24.5 Å². The minimum atomic E-state index is -1.01. The first-order valence-electron chi connectivity index (χ1n) is 6.36. The summed E-state index contributed by atoms with van der Waals surface area (Å²) in [4.78, 5) is 38.3. The highest BCUT2D eigenvalue weighted by molar-refractivity contribution is 7.17. The molecule has 7 nitrogen and oxygen atoms in total. The number of aromatic nitrogens is 1. The van der Waals surface area contributed by atoms with Crippen LogP contribution in [0.25, 0.3) is 10.6 Å². The van der Waals surface area contributed by atoms with E-state index in [0.717, 1.165) is 16.9 Å². The Balaban J connectivity index is 2.10. The molecule has 0 saturated carbocycles. The second kappa shape index (κ2) is 7.21. The van der Waals surface area contributed by atoms with Gasteiger partial charge < -0.3 is 10.5 Å². The molecule has 120 valence electrons. The minimum Gasteiger partial charge on any atom is -0.451 e. The first-order chi connectivity index (χ1) is 10.9.